The third kappa shape index (κ3) is 5.31. The van der Waals surface area contributed by atoms with E-state index in [1.807, 2.05) is 0 Å². The van der Waals surface area contributed by atoms with Crippen LogP contribution in [0.5, 0.6) is 0 Å². The molecule has 0 unspecified atom stereocenters. The number of hydrogen-bond donors (Lipinski definition) is 1. The molecule has 2 fully saturated rings. The number of rotatable bonds is 6. The van der Waals surface area contributed by atoms with Gasteiger partial charge in [-0.1, -0.05) is 6.07 Å². The van der Waals surface area contributed by atoms with Crippen molar-refractivity contribution in [2.45, 2.75) is 25.2 Å². The molecule has 0 aliphatic carbocycles. The Morgan fingerprint density at radius 2 is 1.94 bits per heavy atom. The van der Waals surface area contributed by atoms with Gasteiger partial charge in [0.05, 0.1) is 30.6 Å². The molecular formula is C23H25F3N8O2. The molecule has 1 amide bonds. The quantitative estimate of drug-likeness (QED) is 0.549. The molecule has 13 heteroatoms. The minimum absolute atomic E-state index is 0.0980. The van der Waals surface area contributed by atoms with Crippen LogP contribution in [0.25, 0.3) is 11.3 Å². The van der Waals surface area contributed by atoms with Crippen LogP contribution in [-0.2, 0) is 11.3 Å². The molecular weight excluding hydrogens is 477 g/mol. The highest BCUT2D eigenvalue weighted by molar-refractivity contribution is 6.02. The van der Waals surface area contributed by atoms with Crippen molar-refractivity contribution in [1.82, 2.24) is 29.6 Å². The highest BCUT2D eigenvalue weighted by Crippen LogP contribution is 2.27. The van der Waals surface area contributed by atoms with E-state index in [2.05, 4.69) is 42.1 Å². The number of ether oxygens (including phenoxy) is 1. The first-order valence-electron chi connectivity index (χ1n) is 11.5. The zero-order valence-electron chi connectivity index (χ0n) is 19.6. The van der Waals surface area contributed by atoms with Crippen LogP contribution in [0.1, 0.15) is 17.4 Å². The number of halogens is 3. The Kier molecular flexibility index (Phi) is 6.35. The Hall–Kier alpha value is -3.58. The average molecular weight is 503 g/mol. The number of pyridine rings is 1. The molecule has 0 atom stereocenters. The molecule has 10 nitrogen and oxygen atoms in total. The Labute approximate surface area is 205 Å². The van der Waals surface area contributed by atoms with E-state index < -0.39 is 18.6 Å². The highest BCUT2D eigenvalue weighted by atomic mass is 19.4. The summed E-state index contributed by atoms with van der Waals surface area (Å²) in [7, 11) is 0. The monoisotopic (exact) mass is 502 g/mol. The van der Waals surface area contributed by atoms with E-state index in [0.29, 0.717) is 22.9 Å². The predicted octanol–water partition coefficient (Wildman–Crippen LogP) is 2.46. The Morgan fingerprint density at radius 1 is 1.17 bits per heavy atom. The lowest BCUT2D eigenvalue weighted by Crippen LogP contribution is -2.64. The minimum atomic E-state index is -4.38. The number of alkyl halides is 3. The lowest BCUT2D eigenvalue weighted by Gasteiger charge is -2.50. The summed E-state index contributed by atoms with van der Waals surface area (Å²) in [4.78, 5) is 30.2. The fraction of sp³-hybridized carbons (Fsp3) is 0.435. The maximum absolute atomic E-state index is 12.8. The predicted molar refractivity (Wildman–Crippen MR) is 125 cm³/mol. The first kappa shape index (κ1) is 24.1. The third-order valence-electron chi connectivity index (χ3n) is 6.34. The third-order valence-corrected chi connectivity index (χ3v) is 6.34. The molecule has 2 aliphatic rings. The van der Waals surface area contributed by atoms with Gasteiger partial charge in [-0.25, -0.2) is 15.0 Å². The van der Waals surface area contributed by atoms with Crippen molar-refractivity contribution in [3.05, 3.63) is 48.7 Å². The van der Waals surface area contributed by atoms with Gasteiger partial charge in [0, 0.05) is 44.0 Å². The zero-order chi connectivity index (χ0) is 25.3. The molecule has 0 aromatic carbocycles. The van der Waals surface area contributed by atoms with Crippen LogP contribution < -0.4 is 10.2 Å². The van der Waals surface area contributed by atoms with E-state index in [1.54, 1.807) is 18.2 Å². The van der Waals surface area contributed by atoms with Crippen molar-refractivity contribution in [3.63, 3.8) is 0 Å². The summed E-state index contributed by atoms with van der Waals surface area (Å²) in [6, 6.07) is 6.44. The molecule has 190 valence electrons. The molecule has 1 N–H and O–H groups in total. The van der Waals surface area contributed by atoms with Gasteiger partial charge in [-0.2, -0.15) is 18.3 Å². The zero-order valence-corrected chi connectivity index (χ0v) is 19.6. The second kappa shape index (κ2) is 9.47. The normalized spacial score (nSPS) is 18.1. The first-order valence-corrected chi connectivity index (χ1v) is 11.5. The molecule has 3 aromatic heterocycles. The fourth-order valence-corrected chi connectivity index (χ4v) is 4.31. The molecule has 2 aliphatic heterocycles. The molecule has 0 bridgehead atoms. The van der Waals surface area contributed by atoms with E-state index in [1.165, 1.54) is 24.8 Å². The molecule has 0 spiro atoms. The fourth-order valence-electron chi connectivity index (χ4n) is 4.31. The summed E-state index contributed by atoms with van der Waals surface area (Å²) in [5.41, 5.74) is 0.915. The maximum Gasteiger partial charge on any atom is 0.408 e. The topological polar surface area (TPSA) is 101 Å². The largest absolute Gasteiger partial charge is 0.408 e. The van der Waals surface area contributed by atoms with Crippen LogP contribution in [0.2, 0.25) is 0 Å². The number of aromatic nitrogens is 5. The van der Waals surface area contributed by atoms with Gasteiger partial charge < -0.3 is 15.0 Å². The van der Waals surface area contributed by atoms with Crippen molar-refractivity contribution in [1.29, 1.82) is 0 Å². The highest BCUT2D eigenvalue weighted by Gasteiger charge is 2.40. The van der Waals surface area contributed by atoms with Gasteiger partial charge in [0.15, 0.2) is 0 Å². The molecule has 5 heterocycles. The van der Waals surface area contributed by atoms with Gasteiger partial charge in [0.2, 0.25) is 0 Å². The second-order valence-corrected chi connectivity index (χ2v) is 9.13. The van der Waals surface area contributed by atoms with Crippen LogP contribution in [0, 0.1) is 0 Å². The van der Waals surface area contributed by atoms with Crippen LogP contribution in [0.4, 0.5) is 24.8 Å². The number of carbonyl (C=O) groups is 1. The molecule has 0 saturated carbocycles. The number of hydrogen-bond acceptors (Lipinski definition) is 8. The molecule has 2 saturated heterocycles. The Bertz CT molecular complexity index is 1240. The van der Waals surface area contributed by atoms with Gasteiger partial charge in [-0.15, -0.1) is 0 Å². The lowest BCUT2D eigenvalue weighted by atomic mass is 9.97. The number of anilines is 2. The van der Waals surface area contributed by atoms with Crippen molar-refractivity contribution >= 4 is 17.5 Å². The number of nitrogens with one attached hydrogen (secondary N) is 1. The summed E-state index contributed by atoms with van der Waals surface area (Å²) in [6.45, 7) is 5.89. The van der Waals surface area contributed by atoms with Crippen LogP contribution in [0.15, 0.2) is 43.0 Å². The second-order valence-electron chi connectivity index (χ2n) is 9.13. The smallest absolute Gasteiger partial charge is 0.377 e. The van der Waals surface area contributed by atoms with E-state index in [4.69, 9.17) is 4.74 Å². The summed E-state index contributed by atoms with van der Waals surface area (Å²) >= 11 is 0. The number of nitrogens with zero attached hydrogens (tertiary/aromatic N) is 7. The summed E-state index contributed by atoms with van der Waals surface area (Å²) in [5, 5.41) is 6.45. The van der Waals surface area contributed by atoms with Gasteiger partial charge in [0.25, 0.3) is 5.91 Å². The number of carbonyl (C=O) groups excluding carboxylic acids is 1. The van der Waals surface area contributed by atoms with Crippen molar-refractivity contribution in [2.24, 2.45) is 0 Å². The van der Waals surface area contributed by atoms with Crippen LogP contribution >= 0.6 is 0 Å². The van der Waals surface area contributed by atoms with Crippen LogP contribution in [-0.4, -0.2) is 86.6 Å². The van der Waals surface area contributed by atoms with Crippen molar-refractivity contribution in [2.75, 3.05) is 49.6 Å². The van der Waals surface area contributed by atoms with E-state index in [9.17, 15) is 18.0 Å². The number of piperazine rings is 1. The van der Waals surface area contributed by atoms with E-state index in [-0.39, 0.29) is 11.2 Å². The Morgan fingerprint density at radius 3 is 2.64 bits per heavy atom. The molecule has 36 heavy (non-hydrogen) atoms. The first-order chi connectivity index (χ1) is 17.2. The molecule has 5 rings (SSSR count). The van der Waals surface area contributed by atoms with Crippen molar-refractivity contribution in [3.8, 4) is 11.3 Å². The molecule has 3 aromatic rings. The van der Waals surface area contributed by atoms with Crippen molar-refractivity contribution < 1.29 is 22.7 Å². The molecule has 0 radical (unpaired) electrons. The Balaban J connectivity index is 1.23. The minimum Gasteiger partial charge on any atom is -0.377 e. The van der Waals surface area contributed by atoms with Gasteiger partial charge in [-0.05, 0) is 19.1 Å². The van der Waals surface area contributed by atoms with E-state index in [0.717, 1.165) is 44.1 Å². The summed E-state index contributed by atoms with van der Waals surface area (Å²) in [6.07, 6.45) is -0.458. The number of amides is 1. The van der Waals surface area contributed by atoms with Gasteiger partial charge in [-0.3, -0.25) is 14.4 Å². The van der Waals surface area contributed by atoms with Crippen LogP contribution in [0.3, 0.4) is 0 Å². The summed E-state index contributed by atoms with van der Waals surface area (Å²) < 4.78 is 44.0. The average Bonchev–Trinajstić information content (AvgIpc) is 3.30. The summed E-state index contributed by atoms with van der Waals surface area (Å²) in [5.74, 6) is 0.553. The SMILES string of the molecule is CC1(N2CCN(c3cc(NC(=O)c4cccc(-c5cnn(CC(F)(F)F)c5)n4)ncn3)CC2)COC1. The maximum atomic E-state index is 12.8. The van der Waals surface area contributed by atoms with Gasteiger partial charge >= 0.3 is 6.18 Å². The van der Waals surface area contributed by atoms with E-state index >= 15 is 0 Å². The lowest BCUT2D eigenvalue weighted by molar-refractivity contribution is -0.142. The standard InChI is InChI=1S/C23H25F3N8O2/c1-22(13-36-14-22)33-7-5-32(6-8-33)20-9-19(27-15-28-20)31-21(35)18-4-2-3-17(30-18)16-10-29-34(11-16)12-23(24,25)26/h2-4,9-11,15H,5-8,12-14H2,1H3,(H,27,28,31,35). The van der Waals surface area contributed by atoms with Gasteiger partial charge in [0.1, 0.15) is 30.2 Å².